The molecular weight excluding hydrogens is 364 g/mol. The van der Waals surface area contributed by atoms with Crippen molar-refractivity contribution in [3.05, 3.63) is 70.3 Å². The van der Waals surface area contributed by atoms with Gasteiger partial charge < -0.3 is 0 Å². The fourth-order valence-electron chi connectivity index (χ4n) is 4.32. The van der Waals surface area contributed by atoms with E-state index < -0.39 is 35.8 Å². The van der Waals surface area contributed by atoms with E-state index >= 15 is 0 Å². The number of unbranched alkanes of at least 4 members (excludes halogenated alkanes) is 1. The Morgan fingerprint density at radius 2 is 1.64 bits per heavy atom. The van der Waals surface area contributed by atoms with Gasteiger partial charge in [-0.15, -0.1) is 0 Å². The highest BCUT2D eigenvalue weighted by molar-refractivity contribution is 5.32. The highest BCUT2D eigenvalue weighted by Gasteiger charge is 2.46. The molecule has 1 aliphatic carbocycles. The molecule has 1 aliphatic rings. The fourth-order valence-corrected chi connectivity index (χ4v) is 4.32. The molecule has 0 aromatic heterocycles. The van der Waals surface area contributed by atoms with Gasteiger partial charge in [0.25, 0.3) is 5.92 Å². The fraction of sp³-hybridized carbons (Fsp3) is 0.500. The van der Waals surface area contributed by atoms with Gasteiger partial charge in [-0.05, 0) is 60.3 Å². The van der Waals surface area contributed by atoms with Crippen LogP contribution in [0.5, 0.6) is 0 Å². The molecule has 0 N–H and O–H groups in total. The molecule has 0 spiro atoms. The summed E-state index contributed by atoms with van der Waals surface area (Å²) in [6.45, 7) is 3.86. The Morgan fingerprint density at radius 3 is 2.25 bits per heavy atom. The van der Waals surface area contributed by atoms with Crippen molar-refractivity contribution < 1.29 is 17.6 Å². The molecule has 0 radical (unpaired) electrons. The van der Waals surface area contributed by atoms with Gasteiger partial charge in [-0.25, -0.2) is 17.6 Å². The quantitative estimate of drug-likeness (QED) is 0.445. The van der Waals surface area contributed by atoms with Crippen molar-refractivity contribution in [3.8, 4) is 0 Å². The molecule has 2 unspecified atom stereocenters. The van der Waals surface area contributed by atoms with Gasteiger partial charge >= 0.3 is 0 Å². The van der Waals surface area contributed by atoms with Crippen LogP contribution in [0.4, 0.5) is 17.6 Å². The topological polar surface area (TPSA) is 0 Å². The van der Waals surface area contributed by atoms with Crippen molar-refractivity contribution in [1.82, 2.24) is 0 Å². The lowest BCUT2D eigenvalue weighted by atomic mass is 9.73. The molecular formula is C24H28F4. The van der Waals surface area contributed by atoms with Gasteiger partial charge in [-0.1, -0.05) is 56.7 Å². The zero-order valence-corrected chi connectivity index (χ0v) is 16.6. The second-order valence-electron chi connectivity index (χ2n) is 7.93. The van der Waals surface area contributed by atoms with Crippen LogP contribution >= 0.6 is 0 Å². The molecule has 0 bridgehead atoms. The standard InChI is InChI=1S/C24H28F4/c1-3-5-6-16-7-9-18(10-8-16)21-14-12-19(15-24(21,27)28)20-13-11-17(4-2)22(25)23(20)26/h7-11,13,19,21H,3-6,12,14-15H2,1-2H3. The van der Waals surface area contributed by atoms with E-state index in [0.29, 0.717) is 18.4 Å². The maximum Gasteiger partial charge on any atom is 0.255 e. The molecule has 28 heavy (non-hydrogen) atoms. The summed E-state index contributed by atoms with van der Waals surface area (Å²) in [7, 11) is 0. The summed E-state index contributed by atoms with van der Waals surface area (Å²) in [4.78, 5) is 0. The van der Waals surface area contributed by atoms with E-state index in [1.807, 2.05) is 12.1 Å². The third kappa shape index (κ3) is 4.26. The smallest absolute Gasteiger partial charge is 0.206 e. The second-order valence-corrected chi connectivity index (χ2v) is 7.93. The molecule has 0 saturated heterocycles. The second kappa shape index (κ2) is 8.67. The highest BCUT2D eigenvalue weighted by Crippen LogP contribution is 2.50. The molecule has 0 aliphatic heterocycles. The number of halogens is 4. The van der Waals surface area contributed by atoms with Crippen LogP contribution in [-0.4, -0.2) is 5.92 Å². The zero-order valence-electron chi connectivity index (χ0n) is 16.6. The molecule has 1 fully saturated rings. The molecule has 0 amide bonds. The van der Waals surface area contributed by atoms with E-state index in [9.17, 15) is 17.6 Å². The third-order valence-corrected chi connectivity index (χ3v) is 6.05. The Morgan fingerprint density at radius 1 is 0.929 bits per heavy atom. The van der Waals surface area contributed by atoms with Crippen LogP contribution in [0, 0.1) is 11.6 Å². The van der Waals surface area contributed by atoms with Crippen LogP contribution in [0.1, 0.15) is 80.0 Å². The lowest BCUT2D eigenvalue weighted by Crippen LogP contribution is -2.33. The maximum atomic E-state index is 15.0. The van der Waals surface area contributed by atoms with E-state index in [4.69, 9.17) is 0 Å². The monoisotopic (exact) mass is 392 g/mol. The number of alkyl halides is 2. The molecule has 2 aromatic carbocycles. The summed E-state index contributed by atoms with van der Waals surface area (Å²) >= 11 is 0. The summed E-state index contributed by atoms with van der Waals surface area (Å²) in [5, 5.41) is 0. The van der Waals surface area contributed by atoms with Gasteiger partial charge in [-0.2, -0.15) is 0 Å². The molecule has 4 heteroatoms. The summed E-state index contributed by atoms with van der Waals surface area (Å²) in [5.41, 5.74) is 2.17. The molecule has 0 nitrogen and oxygen atoms in total. The predicted molar refractivity (Wildman–Crippen MR) is 105 cm³/mol. The Hall–Kier alpha value is -1.84. The van der Waals surface area contributed by atoms with Gasteiger partial charge in [0.05, 0.1) is 0 Å². The van der Waals surface area contributed by atoms with Crippen molar-refractivity contribution in [2.75, 3.05) is 0 Å². The molecule has 1 saturated carbocycles. The first-order valence-corrected chi connectivity index (χ1v) is 10.3. The van der Waals surface area contributed by atoms with Crippen molar-refractivity contribution >= 4 is 0 Å². The minimum absolute atomic E-state index is 0.0859. The zero-order chi connectivity index (χ0) is 20.3. The summed E-state index contributed by atoms with van der Waals surface area (Å²) in [6, 6.07) is 10.5. The number of hydrogen-bond donors (Lipinski definition) is 0. The number of aryl methyl sites for hydroxylation is 2. The van der Waals surface area contributed by atoms with Crippen LogP contribution in [0.15, 0.2) is 36.4 Å². The largest absolute Gasteiger partial charge is 0.255 e. The van der Waals surface area contributed by atoms with E-state index in [1.54, 1.807) is 19.1 Å². The normalized spacial score (nSPS) is 21.6. The minimum atomic E-state index is -2.94. The first-order chi connectivity index (χ1) is 13.4. The van der Waals surface area contributed by atoms with Gasteiger partial charge in [0.2, 0.25) is 0 Å². The Balaban J connectivity index is 1.77. The van der Waals surface area contributed by atoms with Gasteiger partial charge in [-0.3, -0.25) is 0 Å². The van der Waals surface area contributed by atoms with Crippen LogP contribution in [0.3, 0.4) is 0 Å². The number of rotatable bonds is 6. The maximum absolute atomic E-state index is 15.0. The van der Waals surface area contributed by atoms with Crippen molar-refractivity contribution in [1.29, 1.82) is 0 Å². The van der Waals surface area contributed by atoms with Gasteiger partial charge in [0.1, 0.15) is 0 Å². The summed E-state index contributed by atoms with van der Waals surface area (Å²) in [5.74, 6) is -6.32. The average Bonchev–Trinajstić information content (AvgIpc) is 2.68. The first kappa shape index (κ1) is 20.9. The predicted octanol–water partition coefficient (Wildman–Crippen LogP) is 7.56. The van der Waals surface area contributed by atoms with Crippen LogP contribution in [-0.2, 0) is 12.8 Å². The Bertz CT molecular complexity index is 795. The van der Waals surface area contributed by atoms with E-state index in [-0.39, 0.29) is 17.5 Å². The molecule has 2 atom stereocenters. The minimum Gasteiger partial charge on any atom is -0.206 e. The van der Waals surface area contributed by atoms with E-state index in [2.05, 4.69) is 6.92 Å². The number of benzene rings is 2. The first-order valence-electron chi connectivity index (χ1n) is 10.3. The lowest BCUT2D eigenvalue weighted by Gasteiger charge is -2.36. The van der Waals surface area contributed by atoms with Crippen LogP contribution in [0.2, 0.25) is 0 Å². The summed E-state index contributed by atoms with van der Waals surface area (Å²) in [6.07, 6.45) is 3.76. The van der Waals surface area contributed by atoms with E-state index in [1.165, 1.54) is 12.1 Å². The molecule has 0 heterocycles. The van der Waals surface area contributed by atoms with Gasteiger partial charge in [0.15, 0.2) is 11.6 Å². The highest BCUT2D eigenvalue weighted by atomic mass is 19.3. The van der Waals surface area contributed by atoms with E-state index in [0.717, 1.165) is 24.8 Å². The van der Waals surface area contributed by atoms with Crippen molar-refractivity contribution in [2.24, 2.45) is 0 Å². The lowest BCUT2D eigenvalue weighted by molar-refractivity contribution is -0.0618. The molecule has 3 rings (SSSR count). The van der Waals surface area contributed by atoms with Crippen LogP contribution < -0.4 is 0 Å². The number of hydrogen-bond acceptors (Lipinski definition) is 0. The van der Waals surface area contributed by atoms with Crippen molar-refractivity contribution in [2.45, 2.75) is 76.6 Å². The average molecular weight is 392 g/mol. The SMILES string of the molecule is CCCCc1ccc(C2CCC(c3ccc(CC)c(F)c3F)CC2(F)F)cc1. The molecule has 2 aromatic rings. The Kier molecular flexibility index (Phi) is 6.47. The van der Waals surface area contributed by atoms with Crippen molar-refractivity contribution in [3.63, 3.8) is 0 Å². The van der Waals surface area contributed by atoms with Gasteiger partial charge in [0, 0.05) is 12.3 Å². The van der Waals surface area contributed by atoms with Crippen LogP contribution in [0.25, 0.3) is 0 Å². The third-order valence-electron chi connectivity index (χ3n) is 6.05. The Labute approximate surface area is 165 Å². The molecule has 152 valence electrons. The summed E-state index contributed by atoms with van der Waals surface area (Å²) < 4.78 is 58.5.